The molecule has 20 heavy (non-hydrogen) atoms. The minimum absolute atomic E-state index is 0. The van der Waals surface area contributed by atoms with Crippen molar-refractivity contribution in [1.82, 2.24) is 0 Å². The van der Waals surface area contributed by atoms with Gasteiger partial charge in [0.1, 0.15) is 11.9 Å². The zero-order valence-electron chi connectivity index (χ0n) is 12.7. The van der Waals surface area contributed by atoms with Crippen LogP contribution in [0.5, 0.6) is 0 Å². The fourth-order valence-electron chi connectivity index (χ4n) is 1.39. The summed E-state index contributed by atoms with van der Waals surface area (Å²) in [4.78, 5) is 0. The molecule has 0 spiro atoms. The van der Waals surface area contributed by atoms with E-state index in [0.29, 0.717) is 5.69 Å². The van der Waals surface area contributed by atoms with Gasteiger partial charge in [0.2, 0.25) is 0 Å². The fourth-order valence-corrected chi connectivity index (χ4v) is 1.39. The van der Waals surface area contributed by atoms with Crippen molar-refractivity contribution in [3.8, 4) is 6.07 Å². The zero-order valence-corrected chi connectivity index (χ0v) is 19.0. The molecule has 1 N–H and O–H groups in total. The average molecular weight is 393 g/mol. The van der Waals surface area contributed by atoms with Gasteiger partial charge in [0.15, 0.2) is 0 Å². The summed E-state index contributed by atoms with van der Waals surface area (Å²) in [5.41, 5.74) is 0.609. The van der Waals surface area contributed by atoms with Crippen LogP contribution in [0.3, 0.4) is 0 Å². The topological polar surface area (TPSA) is 35.8 Å². The molecule has 104 valence electrons. The zero-order chi connectivity index (χ0) is 14.5. The maximum atomic E-state index is 12.7. The second-order valence-electron chi connectivity index (χ2n) is 4.01. The van der Waals surface area contributed by atoms with E-state index in [1.807, 2.05) is 0 Å². The molecule has 0 aromatic heterocycles. The molecule has 1 aromatic rings. The molecule has 0 bridgehead atoms. The summed E-state index contributed by atoms with van der Waals surface area (Å²) in [7, 11) is 0. The first-order valence-electron chi connectivity index (χ1n) is 6.45. The quantitative estimate of drug-likeness (QED) is 0.455. The Bertz CT molecular complexity index is 409. The summed E-state index contributed by atoms with van der Waals surface area (Å²) in [5.74, 6) is -0.521. The van der Waals surface area contributed by atoms with Crippen LogP contribution in [-0.2, 0) is 0 Å². The van der Waals surface area contributed by atoms with E-state index in [4.69, 9.17) is 5.26 Å². The molecule has 1 rings (SSSR count). The van der Waals surface area contributed by atoms with E-state index in [1.54, 1.807) is 6.07 Å². The van der Waals surface area contributed by atoms with Crippen LogP contribution in [-0.4, -0.2) is 0 Å². The molecular formula is C16H21CsFN2-. The van der Waals surface area contributed by atoms with E-state index < -0.39 is 5.82 Å². The molecule has 4 heteroatoms. The first-order valence-corrected chi connectivity index (χ1v) is 6.45. The molecule has 0 fully saturated rings. The third-order valence-corrected chi connectivity index (χ3v) is 2.42. The molecule has 0 saturated heterocycles. The molecule has 0 aliphatic rings. The van der Waals surface area contributed by atoms with Crippen molar-refractivity contribution < 1.29 is 73.3 Å². The Hall–Kier alpha value is 0.232. The number of rotatable bonds is 6. The minimum atomic E-state index is -0.521. The Morgan fingerprint density at radius 2 is 2.15 bits per heavy atom. The van der Waals surface area contributed by atoms with Crippen LogP contribution in [0, 0.1) is 29.8 Å². The monoisotopic (exact) mass is 393 g/mol. The van der Waals surface area contributed by atoms with Crippen LogP contribution in [0.2, 0.25) is 0 Å². The van der Waals surface area contributed by atoms with Crippen LogP contribution >= 0.6 is 0 Å². The second kappa shape index (κ2) is 15.6. The number of unbranched alkanes of at least 4 members (excludes halogenated alkanes) is 4. The third-order valence-electron chi connectivity index (χ3n) is 2.42. The Kier molecular flexibility index (Phi) is 17.6. The molecule has 0 aliphatic carbocycles. The second-order valence-corrected chi connectivity index (χ2v) is 4.01. The Balaban J connectivity index is 0. The Labute approximate surface area is 181 Å². The van der Waals surface area contributed by atoms with Crippen LogP contribution in [0.25, 0.3) is 0 Å². The van der Waals surface area contributed by atoms with Gasteiger partial charge >= 0.3 is 68.9 Å². The van der Waals surface area contributed by atoms with E-state index in [2.05, 4.69) is 38.4 Å². The predicted octanol–water partition coefficient (Wildman–Crippen LogP) is 1.85. The molecule has 2 nitrogen and oxygen atoms in total. The molecular weight excluding hydrogens is 372 g/mol. The number of hydrogen-bond donors (Lipinski definition) is 1. The summed E-state index contributed by atoms with van der Waals surface area (Å²) < 4.78 is 12.7. The summed E-state index contributed by atoms with van der Waals surface area (Å²) in [5, 5.41) is 11.1. The molecule has 0 heterocycles. The number of benzene rings is 1. The number of nitrogens with one attached hydrogen (secondary N) is 1. The average Bonchev–Trinajstić information content (AvgIpc) is 2.42. The summed E-state index contributed by atoms with van der Waals surface area (Å²) in [6.07, 6.45) is 10.1. The van der Waals surface area contributed by atoms with Gasteiger partial charge in [-0.1, -0.05) is 26.2 Å². The molecule has 0 amide bonds. The van der Waals surface area contributed by atoms with E-state index >= 15 is 0 Å². The maximum Gasteiger partial charge on any atom is 1.00 e. The maximum absolute atomic E-state index is 12.7. The van der Waals surface area contributed by atoms with Gasteiger partial charge in [-0.2, -0.15) is 31.4 Å². The van der Waals surface area contributed by atoms with Crippen molar-refractivity contribution in [2.75, 3.05) is 5.32 Å². The van der Waals surface area contributed by atoms with Gasteiger partial charge in [0, 0.05) is 0 Å². The number of nitrogens with zero attached hydrogens (tertiary/aromatic N) is 1. The van der Waals surface area contributed by atoms with Crippen LogP contribution in [0.1, 0.15) is 45.1 Å². The molecule has 0 unspecified atom stereocenters. The Morgan fingerprint density at radius 1 is 1.45 bits per heavy atom. The van der Waals surface area contributed by atoms with Crippen LogP contribution in [0.15, 0.2) is 24.8 Å². The van der Waals surface area contributed by atoms with Crippen molar-refractivity contribution in [2.24, 2.45) is 0 Å². The summed E-state index contributed by atoms with van der Waals surface area (Å²) in [6, 6.07) is 5.86. The van der Waals surface area contributed by atoms with Crippen molar-refractivity contribution in [2.45, 2.75) is 39.5 Å². The van der Waals surface area contributed by atoms with Gasteiger partial charge < -0.3 is 11.7 Å². The van der Waals surface area contributed by atoms with Gasteiger partial charge in [0.05, 0.1) is 5.56 Å². The first kappa shape index (κ1) is 22.5. The third kappa shape index (κ3) is 11.0. The fraction of sp³-hybridized carbons (Fsp3) is 0.375. The van der Waals surface area contributed by atoms with Crippen molar-refractivity contribution in [1.29, 1.82) is 5.26 Å². The van der Waals surface area contributed by atoms with E-state index in [-0.39, 0.29) is 74.5 Å². The van der Waals surface area contributed by atoms with E-state index in [1.165, 1.54) is 43.9 Å². The van der Waals surface area contributed by atoms with Gasteiger partial charge in [-0.15, -0.1) is 17.8 Å². The van der Waals surface area contributed by atoms with Crippen molar-refractivity contribution in [3.05, 3.63) is 48.8 Å². The normalized spacial score (nSPS) is 8.50. The van der Waals surface area contributed by atoms with E-state index in [0.717, 1.165) is 0 Å². The van der Waals surface area contributed by atoms with Crippen molar-refractivity contribution >= 4 is 5.69 Å². The molecule has 0 saturated carbocycles. The smallest absolute Gasteiger partial charge is 0.524 e. The molecule has 0 aliphatic heterocycles. The molecule has 0 radical (unpaired) electrons. The van der Waals surface area contributed by atoms with Gasteiger partial charge in [0.25, 0.3) is 0 Å². The largest absolute Gasteiger partial charge is 1.00 e. The van der Waals surface area contributed by atoms with Gasteiger partial charge in [-0.3, -0.25) is 0 Å². The summed E-state index contributed by atoms with van der Waals surface area (Å²) >= 11 is 0. The first-order chi connectivity index (χ1) is 9.19. The molecule has 1 aromatic carbocycles. The van der Waals surface area contributed by atoms with Crippen LogP contribution in [0.4, 0.5) is 10.1 Å². The molecule has 0 atom stereocenters. The number of anilines is 1. The van der Waals surface area contributed by atoms with E-state index in [9.17, 15) is 4.39 Å². The summed E-state index contributed by atoms with van der Waals surface area (Å²) in [6.45, 7) is 7.67. The van der Waals surface area contributed by atoms with Gasteiger partial charge in [-0.25, -0.2) is 4.39 Å². The Morgan fingerprint density at radius 3 is 2.65 bits per heavy atom. The minimum Gasteiger partial charge on any atom is -0.524 e. The predicted molar refractivity (Wildman–Crippen MR) is 77.7 cm³/mol. The number of hydrogen-bond acceptors (Lipinski definition) is 2. The number of nitriles is 1. The van der Waals surface area contributed by atoms with Crippen LogP contribution < -0.4 is 74.2 Å². The van der Waals surface area contributed by atoms with Gasteiger partial charge in [-0.05, 0) is 6.07 Å². The number of halogens is 1. The standard InChI is InChI=1S/C9H6FN2.C7H15.Cs/c1-2-12-8-3-4-9(10)7(5-8)6-11;1-3-5-7-6-4-2;/h3-5,12H,1H2;3H,4-7H2,1-2H3;/q2*-1;+1. The SMILES string of the molecule is C=[C-]Nc1ccc(F)c(C#N)c1.C[CH-]CCCCC.[Cs+]. The van der Waals surface area contributed by atoms with Crippen molar-refractivity contribution in [3.63, 3.8) is 0 Å².